The van der Waals surface area contributed by atoms with Crippen LogP contribution in [0.5, 0.6) is 0 Å². The van der Waals surface area contributed by atoms with E-state index >= 15 is 0 Å². The van der Waals surface area contributed by atoms with E-state index in [4.69, 9.17) is 22.1 Å². The minimum Gasteiger partial charge on any atom is -0.462 e. The van der Waals surface area contributed by atoms with Crippen molar-refractivity contribution in [2.45, 2.75) is 19.8 Å². The third kappa shape index (κ3) is 3.15. The Kier molecular flexibility index (Phi) is 4.22. The number of esters is 1. The summed E-state index contributed by atoms with van der Waals surface area (Å²) in [6.45, 7) is 2.42. The van der Waals surface area contributed by atoms with Gasteiger partial charge in [-0.3, -0.25) is 0 Å². The van der Waals surface area contributed by atoms with E-state index in [1.807, 2.05) is 6.92 Å². The molecule has 0 radical (unpaired) electrons. The number of halogens is 1. The van der Waals surface area contributed by atoms with Crippen LogP contribution in [0.3, 0.4) is 0 Å². The van der Waals surface area contributed by atoms with Crippen LogP contribution in [0.4, 0.5) is 5.82 Å². The summed E-state index contributed by atoms with van der Waals surface area (Å²) in [6.07, 6.45) is 1.80. The van der Waals surface area contributed by atoms with E-state index in [0.717, 1.165) is 18.2 Å². The molecule has 19 heavy (non-hydrogen) atoms. The van der Waals surface area contributed by atoms with Crippen LogP contribution >= 0.6 is 11.6 Å². The molecule has 0 aliphatic carbocycles. The Balaban J connectivity index is 2.32. The lowest BCUT2D eigenvalue weighted by molar-refractivity contribution is 0.0501. The summed E-state index contributed by atoms with van der Waals surface area (Å²) < 4.78 is 5.14. The van der Waals surface area contributed by atoms with Crippen LogP contribution in [0, 0.1) is 0 Å². The zero-order valence-electron chi connectivity index (χ0n) is 10.6. The lowest BCUT2D eigenvalue weighted by Crippen LogP contribution is -2.10. The normalized spacial score (nSPS) is 10.6. The number of fused-ring (bicyclic) bond motifs is 1. The molecule has 0 saturated carbocycles. The Labute approximate surface area is 116 Å². The number of hydrogen-bond acceptors (Lipinski definition) is 4. The van der Waals surface area contributed by atoms with E-state index in [0.29, 0.717) is 17.1 Å². The average molecular weight is 279 g/mol. The number of rotatable bonds is 4. The predicted octanol–water partition coefficient (Wildman–Crippen LogP) is 3.43. The van der Waals surface area contributed by atoms with E-state index < -0.39 is 5.97 Å². The lowest BCUT2D eigenvalue weighted by atomic mass is 10.1. The molecule has 0 spiro atoms. The highest BCUT2D eigenvalue weighted by atomic mass is 35.5. The van der Waals surface area contributed by atoms with Gasteiger partial charge in [-0.15, -0.1) is 0 Å². The topological polar surface area (TPSA) is 65.2 Å². The molecule has 0 aliphatic heterocycles. The van der Waals surface area contributed by atoms with Crippen molar-refractivity contribution in [2.75, 3.05) is 12.3 Å². The molecule has 0 atom stereocenters. The Morgan fingerprint density at radius 2 is 2.21 bits per heavy atom. The summed E-state index contributed by atoms with van der Waals surface area (Å²) in [5.41, 5.74) is 6.77. The van der Waals surface area contributed by atoms with Gasteiger partial charge in [0, 0.05) is 10.4 Å². The molecule has 0 amide bonds. The molecule has 100 valence electrons. The first kappa shape index (κ1) is 13.6. The van der Waals surface area contributed by atoms with Crippen LogP contribution in [-0.2, 0) is 4.74 Å². The number of aromatic nitrogens is 1. The number of benzene rings is 1. The van der Waals surface area contributed by atoms with Gasteiger partial charge in [0.05, 0.1) is 12.1 Å². The van der Waals surface area contributed by atoms with Gasteiger partial charge >= 0.3 is 5.97 Å². The number of carbonyl (C=O) groups is 1. The summed E-state index contributed by atoms with van der Waals surface area (Å²) in [7, 11) is 0. The molecule has 2 rings (SSSR count). The number of nitrogen functional groups attached to an aromatic ring is 1. The quantitative estimate of drug-likeness (QED) is 0.687. The Morgan fingerprint density at radius 1 is 1.42 bits per heavy atom. The van der Waals surface area contributed by atoms with Crippen LogP contribution in [0.15, 0.2) is 24.3 Å². The first-order valence-electron chi connectivity index (χ1n) is 6.14. The standard InChI is InChI=1S/C14H15ClN2O2/c1-2-3-6-19-14(18)11-8-9-7-10(15)4-5-12(9)17-13(11)16/h4-5,7-8H,2-3,6H2,1H3,(H2,16,17). The van der Waals surface area contributed by atoms with E-state index in [1.165, 1.54) is 0 Å². The largest absolute Gasteiger partial charge is 0.462 e. The van der Waals surface area contributed by atoms with Crippen LogP contribution in [0.1, 0.15) is 30.1 Å². The Morgan fingerprint density at radius 3 is 2.95 bits per heavy atom. The van der Waals surface area contributed by atoms with Gasteiger partial charge in [-0.1, -0.05) is 24.9 Å². The zero-order chi connectivity index (χ0) is 13.8. The average Bonchev–Trinajstić information content (AvgIpc) is 2.38. The molecule has 0 unspecified atom stereocenters. The van der Waals surface area contributed by atoms with Gasteiger partial charge in [0.2, 0.25) is 0 Å². The van der Waals surface area contributed by atoms with Gasteiger partial charge in [-0.05, 0) is 30.7 Å². The van der Waals surface area contributed by atoms with E-state index in [2.05, 4.69) is 4.98 Å². The molecule has 1 heterocycles. The maximum atomic E-state index is 11.9. The van der Waals surface area contributed by atoms with Gasteiger partial charge in [0.25, 0.3) is 0 Å². The van der Waals surface area contributed by atoms with Gasteiger partial charge in [0.1, 0.15) is 11.4 Å². The number of carbonyl (C=O) groups excluding carboxylic acids is 1. The van der Waals surface area contributed by atoms with Gasteiger partial charge in [-0.2, -0.15) is 0 Å². The van der Waals surface area contributed by atoms with Gasteiger partial charge < -0.3 is 10.5 Å². The number of nitrogens with two attached hydrogens (primary N) is 1. The fraction of sp³-hybridized carbons (Fsp3) is 0.286. The third-order valence-corrected chi connectivity index (χ3v) is 2.99. The smallest absolute Gasteiger partial charge is 0.341 e. The van der Waals surface area contributed by atoms with Crippen molar-refractivity contribution in [3.8, 4) is 0 Å². The number of anilines is 1. The van der Waals surface area contributed by atoms with Crippen LogP contribution in [0.25, 0.3) is 10.9 Å². The van der Waals surface area contributed by atoms with E-state index in [-0.39, 0.29) is 11.4 Å². The first-order chi connectivity index (χ1) is 9.11. The van der Waals surface area contributed by atoms with Crippen molar-refractivity contribution in [1.82, 2.24) is 4.98 Å². The van der Waals surface area contributed by atoms with E-state index in [1.54, 1.807) is 24.3 Å². The Bertz CT molecular complexity index is 614. The van der Waals surface area contributed by atoms with Gasteiger partial charge in [-0.25, -0.2) is 9.78 Å². The maximum Gasteiger partial charge on any atom is 0.341 e. The summed E-state index contributed by atoms with van der Waals surface area (Å²) in [4.78, 5) is 16.1. The monoisotopic (exact) mass is 278 g/mol. The predicted molar refractivity (Wildman–Crippen MR) is 76.4 cm³/mol. The molecule has 0 saturated heterocycles. The lowest BCUT2D eigenvalue weighted by Gasteiger charge is -2.07. The molecular formula is C14H15ClN2O2. The van der Waals surface area contributed by atoms with Crippen molar-refractivity contribution < 1.29 is 9.53 Å². The molecule has 0 aliphatic rings. The highest BCUT2D eigenvalue weighted by Gasteiger charge is 2.13. The molecule has 0 fully saturated rings. The van der Waals surface area contributed by atoms with Gasteiger partial charge in [0.15, 0.2) is 0 Å². The van der Waals surface area contributed by atoms with E-state index in [9.17, 15) is 4.79 Å². The number of unbranched alkanes of at least 4 members (excludes halogenated alkanes) is 1. The van der Waals surface area contributed by atoms with Crippen LogP contribution in [0.2, 0.25) is 5.02 Å². The molecule has 4 nitrogen and oxygen atoms in total. The highest BCUT2D eigenvalue weighted by molar-refractivity contribution is 6.31. The number of nitrogens with zero attached hydrogens (tertiary/aromatic N) is 1. The Hall–Kier alpha value is -1.81. The SMILES string of the molecule is CCCCOC(=O)c1cc2cc(Cl)ccc2nc1N. The molecule has 2 N–H and O–H groups in total. The minimum atomic E-state index is -0.444. The van der Waals surface area contributed by atoms with Crippen molar-refractivity contribution in [3.05, 3.63) is 34.9 Å². The fourth-order valence-corrected chi connectivity index (χ4v) is 1.89. The van der Waals surface area contributed by atoms with Crippen molar-refractivity contribution in [2.24, 2.45) is 0 Å². The third-order valence-electron chi connectivity index (χ3n) is 2.76. The number of ether oxygens (including phenoxy) is 1. The van der Waals surface area contributed by atoms with Crippen molar-refractivity contribution in [3.63, 3.8) is 0 Å². The van der Waals surface area contributed by atoms with Crippen molar-refractivity contribution in [1.29, 1.82) is 0 Å². The van der Waals surface area contributed by atoms with Crippen LogP contribution < -0.4 is 5.73 Å². The highest BCUT2D eigenvalue weighted by Crippen LogP contribution is 2.22. The molecule has 0 bridgehead atoms. The molecule has 2 aromatic rings. The second-order valence-corrected chi connectivity index (χ2v) is 4.68. The summed E-state index contributed by atoms with van der Waals surface area (Å²) in [6, 6.07) is 6.90. The summed E-state index contributed by atoms with van der Waals surface area (Å²) in [5, 5.41) is 1.36. The summed E-state index contributed by atoms with van der Waals surface area (Å²) in [5.74, 6) is -0.267. The number of pyridine rings is 1. The summed E-state index contributed by atoms with van der Waals surface area (Å²) >= 11 is 5.92. The van der Waals surface area contributed by atoms with Crippen LogP contribution in [-0.4, -0.2) is 17.6 Å². The fourth-order valence-electron chi connectivity index (χ4n) is 1.71. The number of hydrogen-bond donors (Lipinski definition) is 1. The molecule has 1 aromatic carbocycles. The molecule has 1 aromatic heterocycles. The van der Waals surface area contributed by atoms with Crippen molar-refractivity contribution >= 4 is 34.3 Å². The minimum absolute atomic E-state index is 0.177. The second-order valence-electron chi connectivity index (χ2n) is 4.25. The zero-order valence-corrected chi connectivity index (χ0v) is 11.4. The first-order valence-corrected chi connectivity index (χ1v) is 6.52. The maximum absolute atomic E-state index is 11.9. The second kappa shape index (κ2) is 5.89. The molecule has 5 heteroatoms. The molecular weight excluding hydrogens is 264 g/mol.